The molecule has 0 bridgehead atoms. The minimum Gasteiger partial charge on any atom is -0.375 e. The predicted octanol–water partition coefficient (Wildman–Crippen LogP) is 6.46. The lowest BCUT2D eigenvalue weighted by atomic mass is 10.0. The summed E-state index contributed by atoms with van der Waals surface area (Å²) in [5.41, 5.74) is 3.39. The van der Waals surface area contributed by atoms with Gasteiger partial charge < -0.3 is 10.2 Å². The van der Waals surface area contributed by atoms with Gasteiger partial charge >= 0.3 is 6.18 Å². The van der Waals surface area contributed by atoms with Gasteiger partial charge in [0.25, 0.3) is 0 Å². The number of thioether (sulfide) groups is 1. The molecule has 7 heteroatoms. The summed E-state index contributed by atoms with van der Waals surface area (Å²) >= 11 is 1.22. The maximum absolute atomic E-state index is 12.9. The lowest BCUT2D eigenvalue weighted by molar-refractivity contribution is -0.125. The fourth-order valence-corrected chi connectivity index (χ4v) is 5.69. The first-order valence-electron chi connectivity index (χ1n) is 11.3. The van der Waals surface area contributed by atoms with E-state index in [0.717, 1.165) is 37.9 Å². The van der Waals surface area contributed by atoms with Crippen molar-refractivity contribution < 1.29 is 13.2 Å². The van der Waals surface area contributed by atoms with Crippen LogP contribution in [0.3, 0.4) is 0 Å². The van der Waals surface area contributed by atoms with Crippen LogP contribution in [0.15, 0.2) is 52.5 Å². The van der Waals surface area contributed by atoms with Gasteiger partial charge in [-0.25, -0.2) is 0 Å². The Morgan fingerprint density at radius 3 is 2.66 bits per heavy atom. The molecule has 1 fully saturated rings. The van der Waals surface area contributed by atoms with Crippen molar-refractivity contribution in [3.63, 3.8) is 0 Å². The summed E-state index contributed by atoms with van der Waals surface area (Å²) in [5, 5.41) is 3.39. The summed E-state index contributed by atoms with van der Waals surface area (Å²) in [7, 11) is 2.02. The Kier molecular flexibility index (Phi) is 8.50. The van der Waals surface area contributed by atoms with Crippen molar-refractivity contribution >= 4 is 18.0 Å². The second-order valence-corrected chi connectivity index (χ2v) is 10.1. The number of benzene rings is 1. The molecule has 0 saturated heterocycles. The molecule has 4 atom stereocenters. The third-order valence-corrected chi connectivity index (χ3v) is 7.50. The molecule has 1 aromatic rings. The number of rotatable bonds is 9. The quantitative estimate of drug-likeness (QED) is 0.424. The van der Waals surface area contributed by atoms with Crippen LogP contribution in [0.5, 0.6) is 0 Å². The summed E-state index contributed by atoms with van der Waals surface area (Å²) in [6.45, 7) is 9.20. The van der Waals surface area contributed by atoms with Gasteiger partial charge in [-0.2, -0.15) is 13.2 Å². The first-order valence-corrected chi connectivity index (χ1v) is 12.2. The first-order chi connectivity index (χ1) is 15.2. The minimum absolute atomic E-state index is 0.204. The van der Waals surface area contributed by atoms with Gasteiger partial charge in [-0.15, -0.1) is 11.8 Å². The Balaban J connectivity index is 1.59. The molecule has 1 saturated carbocycles. The van der Waals surface area contributed by atoms with Gasteiger partial charge in [-0.3, -0.25) is 4.99 Å². The smallest absolute Gasteiger partial charge is 0.375 e. The molecule has 0 amide bonds. The fraction of sp³-hybridized carbons (Fsp3) is 0.560. The monoisotopic (exact) mass is 465 g/mol. The number of nitrogens with one attached hydrogen (secondary N) is 1. The highest BCUT2D eigenvalue weighted by Gasteiger charge is 2.38. The number of hydrogen-bond acceptors (Lipinski definition) is 4. The molecule has 0 spiro atoms. The van der Waals surface area contributed by atoms with Crippen molar-refractivity contribution in [1.82, 2.24) is 10.2 Å². The van der Waals surface area contributed by atoms with Crippen molar-refractivity contribution in [3.8, 4) is 0 Å². The number of alkyl halides is 3. The van der Waals surface area contributed by atoms with E-state index in [9.17, 15) is 13.2 Å². The van der Waals surface area contributed by atoms with Crippen LogP contribution in [0.25, 0.3) is 0 Å². The molecule has 0 aromatic heterocycles. The molecular weight excluding hydrogens is 431 g/mol. The third-order valence-electron chi connectivity index (χ3n) is 6.26. The van der Waals surface area contributed by atoms with E-state index < -0.39 is 12.6 Å². The number of nitrogens with zero attached hydrogens (tertiary/aromatic N) is 2. The highest BCUT2D eigenvalue weighted by molar-refractivity contribution is 8.03. The number of aryl methyl sites for hydroxylation is 1. The normalized spacial score (nSPS) is 26.0. The van der Waals surface area contributed by atoms with Crippen LogP contribution in [-0.4, -0.2) is 41.8 Å². The summed E-state index contributed by atoms with van der Waals surface area (Å²) in [5.74, 6) is -0.204. The van der Waals surface area contributed by atoms with Crippen LogP contribution in [-0.2, 0) is 6.54 Å². The average Bonchev–Trinajstić information content (AvgIpc) is 3.36. The van der Waals surface area contributed by atoms with Gasteiger partial charge in [0, 0.05) is 37.3 Å². The van der Waals surface area contributed by atoms with Crippen LogP contribution < -0.4 is 5.32 Å². The maximum Gasteiger partial charge on any atom is 0.393 e. The molecule has 1 N–H and O–H groups in total. The van der Waals surface area contributed by atoms with E-state index in [2.05, 4.69) is 53.0 Å². The fourth-order valence-electron chi connectivity index (χ4n) is 4.37. The predicted molar refractivity (Wildman–Crippen MR) is 129 cm³/mol. The van der Waals surface area contributed by atoms with Crippen LogP contribution in [0.4, 0.5) is 13.2 Å². The van der Waals surface area contributed by atoms with E-state index in [0.29, 0.717) is 17.0 Å². The zero-order chi connectivity index (χ0) is 23.3. The number of aliphatic imine (C=N–C) groups is 1. The highest BCUT2D eigenvalue weighted by Crippen LogP contribution is 2.46. The van der Waals surface area contributed by atoms with E-state index in [4.69, 9.17) is 0 Å². The van der Waals surface area contributed by atoms with Crippen molar-refractivity contribution in [1.29, 1.82) is 0 Å². The van der Waals surface area contributed by atoms with Gasteiger partial charge in [0.05, 0.1) is 6.42 Å². The zero-order valence-corrected chi connectivity index (χ0v) is 20.0. The number of hydrogen-bond donors (Lipinski definition) is 1. The van der Waals surface area contributed by atoms with Crippen molar-refractivity contribution in [3.05, 3.63) is 58.6 Å². The largest absolute Gasteiger partial charge is 0.393 e. The van der Waals surface area contributed by atoms with Gasteiger partial charge in [0.2, 0.25) is 0 Å². The molecule has 3 rings (SSSR count). The molecule has 4 unspecified atom stereocenters. The Hall–Kier alpha value is -1.73. The van der Waals surface area contributed by atoms with Gasteiger partial charge in [-0.05, 0) is 49.3 Å². The molecule has 3 nitrogen and oxygen atoms in total. The Morgan fingerprint density at radius 1 is 1.28 bits per heavy atom. The second kappa shape index (κ2) is 10.9. The number of allylic oxidation sites excluding steroid dienone is 1. The Bertz CT molecular complexity index is 832. The maximum atomic E-state index is 12.9. The Labute approximate surface area is 194 Å². The molecule has 2 aliphatic rings. The summed E-state index contributed by atoms with van der Waals surface area (Å²) in [4.78, 5) is 7.06. The van der Waals surface area contributed by atoms with Crippen LogP contribution >= 0.6 is 11.8 Å². The lowest BCUT2D eigenvalue weighted by Crippen LogP contribution is -2.35. The topological polar surface area (TPSA) is 27.6 Å². The van der Waals surface area contributed by atoms with Crippen molar-refractivity contribution in [2.45, 2.75) is 76.1 Å². The van der Waals surface area contributed by atoms with Crippen molar-refractivity contribution in [2.24, 2.45) is 10.9 Å². The van der Waals surface area contributed by atoms with E-state index in [-0.39, 0.29) is 11.3 Å². The molecule has 176 valence electrons. The molecule has 1 heterocycles. The van der Waals surface area contributed by atoms with E-state index in [1.807, 2.05) is 14.0 Å². The molecule has 0 radical (unpaired) electrons. The molecule has 32 heavy (non-hydrogen) atoms. The second-order valence-electron chi connectivity index (χ2n) is 8.83. The van der Waals surface area contributed by atoms with Crippen LogP contribution in [0.1, 0.15) is 50.2 Å². The Morgan fingerprint density at radius 2 is 2.00 bits per heavy atom. The van der Waals surface area contributed by atoms with E-state index >= 15 is 0 Å². The van der Waals surface area contributed by atoms with E-state index in [1.54, 1.807) is 12.3 Å². The number of halogens is 3. The summed E-state index contributed by atoms with van der Waals surface area (Å²) in [6, 6.07) is 9.33. The molecular formula is C25H34F3N3S. The SMILES string of the molecule is C=C(C1C=C(CC(F)(F)F)SC1N=CCC)N(C)C1CCC(NCc2ccc(C)cc2)C1. The van der Waals surface area contributed by atoms with Crippen molar-refractivity contribution in [2.75, 3.05) is 7.05 Å². The minimum atomic E-state index is -4.21. The van der Waals surface area contributed by atoms with Crippen LogP contribution in [0.2, 0.25) is 0 Å². The standard InChI is InChI=1S/C25H34F3N3S/c1-5-12-29-24-23(14-22(32-24)15-25(26,27)28)18(3)31(4)21-11-10-20(13-21)30-16-19-8-6-17(2)7-9-19/h6-9,12,14,20-21,23-24,30H,3,5,10-11,13,15-16H2,1-2,4H3. The highest BCUT2D eigenvalue weighted by atomic mass is 32.2. The molecule has 1 aliphatic heterocycles. The molecule has 1 aromatic carbocycles. The summed E-state index contributed by atoms with van der Waals surface area (Å²) in [6.07, 6.45) is 2.32. The lowest BCUT2D eigenvalue weighted by Gasteiger charge is -2.32. The van der Waals surface area contributed by atoms with Gasteiger partial charge in [0.15, 0.2) is 0 Å². The van der Waals surface area contributed by atoms with Gasteiger partial charge in [-0.1, -0.05) is 49.4 Å². The molecule has 1 aliphatic carbocycles. The summed E-state index contributed by atoms with van der Waals surface area (Å²) < 4.78 is 38.8. The first kappa shape index (κ1) is 24.9. The zero-order valence-electron chi connectivity index (χ0n) is 19.2. The van der Waals surface area contributed by atoms with E-state index in [1.165, 1.54) is 22.9 Å². The van der Waals surface area contributed by atoms with Crippen LogP contribution in [0, 0.1) is 12.8 Å². The third kappa shape index (κ3) is 6.88. The average molecular weight is 466 g/mol. The van der Waals surface area contributed by atoms with Gasteiger partial charge in [0.1, 0.15) is 5.37 Å².